The van der Waals surface area contributed by atoms with Crippen LogP contribution < -0.4 is 4.74 Å². The van der Waals surface area contributed by atoms with Gasteiger partial charge in [-0.3, -0.25) is 0 Å². The van der Waals surface area contributed by atoms with E-state index in [-0.39, 0.29) is 0 Å². The van der Waals surface area contributed by atoms with Crippen molar-refractivity contribution in [2.75, 3.05) is 0 Å². The second kappa shape index (κ2) is 8.48. The molecule has 28 heavy (non-hydrogen) atoms. The van der Waals surface area contributed by atoms with E-state index in [2.05, 4.69) is 10.2 Å². The topological polar surface area (TPSA) is 77.2 Å². The molecule has 0 aliphatic rings. The average Bonchev–Trinajstić information content (AvgIpc) is 3.03. The van der Waals surface area contributed by atoms with Crippen molar-refractivity contribution in [2.24, 2.45) is 0 Å². The molecule has 0 bridgehead atoms. The van der Waals surface area contributed by atoms with E-state index in [0.29, 0.717) is 11.5 Å². The lowest BCUT2D eigenvalue weighted by Gasteiger charge is -2.13. The Morgan fingerprint density at radius 2 is 1.86 bits per heavy atom. The van der Waals surface area contributed by atoms with Crippen molar-refractivity contribution in [1.82, 2.24) is 15.0 Å². The van der Waals surface area contributed by atoms with Gasteiger partial charge < -0.3 is 9.84 Å². The average molecular weight is 398 g/mol. The molecule has 0 saturated heterocycles. The molecule has 0 aliphatic carbocycles. The van der Waals surface area contributed by atoms with Gasteiger partial charge in [0.15, 0.2) is 6.10 Å². The monoisotopic (exact) mass is 397 g/mol. The number of ether oxygens (including phenoxy) is 1. The summed E-state index contributed by atoms with van der Waals surface area (Å²) >= 11 is 1.66. The number of carboxylic acids is 1. The number of rotatable bonds is 7. The van der Waals surface area contributed by atoms with Crippen LogP contribution in [0.2, 0.25) is 0 Å². The van der Waals surface area contributed by atoms with Gasteiger partial charge in [0, 0.05) is 10.6 Å². The standard InChI is InChI=1S/C21H23N3O3S/c1-13-5-7-17(8-6-13)24-22-15(3)19(23-24)12-28-18-9-10-20(14(2)11-18)27-16(4)21(25)26/h5-11,16H,12H2,1-4H3,(H,25,26). The second-order valence-electron chi connectivity index (χ2n) is 6.67. The van der Waals surface area contributed by atoms with Crippen molar-refractivity contribution in [3.63, 3.8) is 0 Å². The number of aryl methyl sites for hydroxylation is 3. The van der Waals surface area contributed by atoms with Crippen molar-refractivity contribution < 1.29 is 14.6 Å². The summed E-state index contributed by atoms with van der Waals surface area (Å²) in [4.78, 5) is 13.7. The van der Waals surface area contributed by atoms with Gasteiger partial charge in [0.05, 0.1) is 17.1 Å². The molecule has 1 aromatic heterocycles. The Morgan fingerprint density at radius 1 is 1.14 bits per heavy atom. The highest BCUT2D eigenvalue weighted by Gasteiger charge is 2.14. The molecule has 0 aliphatic heterocycles. The minimum absolute atomic E-state index is 0.584. The fraction of sp³-hybridized carbons (Fsp3) is 0.286. The Labute approximate surface area is 168 Å². The third-order valence-electron chi connectivity index (χ3n) is 4.32. The van der Waals surface area contributed by atoms with Crippen LogP contribution in [0.15, 0.2) is 47.4 Å². The summed E-state index contributed by atoms with van der Waals surface area (Å²) in [5.41, 5.74) is 4.88. The van der Waals surface area contributed by atoms with Crippen LogP contribution in [0.1, 0.15) is 29.4 Å². The maximum Gasteiger partial charge on any atom is 0.344 e. The summed E-state index contributed by atoms with van der Waals surface area (Å²) in [5.74, 6) is 0.300. The summed E-state index contributed by atoms with van der Waals surface area (Å²) in [6.45, 7) is 7.44. The molecule has 0 amide bonds. The lowest BCUT2D eigenvalue weighted by molar-refractivity contribution is -0.144. The van der Waals surface area contributed by atoms with Crippen molar-refractivity contribution in [3.8, 4) is 11.4 Å². The first-order valence-corrected chi connectivity index (χ1v) is 9.95. The second-order valence-corrected chi connectivity index (χ2v) is 7.72. The molecule has 0 radical (unpaired) electrons. The molecule has 2 aromatic carbocycles. The number of thioether (sulfide) groups is 1. The lowest BCUT2D eigenvalue weighted by atomic mass is 10.2. The number of hydrogen-bond donors (Lipinski definition) is 1. The van der Waals surface area contributed by atoms with Gasteiger partial charge in [0.1, 0.15) is 5.75 Å². The molecule has 0 saturated carbocycles. The third kappa shape index (κ3) is 4.72. The summed E-state index contributed by atoms with van der Waals surface area (Å²) in [5, 5.41) is 18.1. The molecule has 3 aromatic rings. The maximum absolute atomic E-state index is 11.0. The predicted octanol–water partition coefficient (Wildman–Crippen LogP) is 4.34. The highest BCUT2D eigenvalue weighted by Crippen LogP contribution is 2.28. The highest BCUT2D eigenvalue weighted by molar-refractivity contribution is 7.98. The Bertz CT molecular complexity index is 983. The zero-order valence-corrected chi connectivity index (χ0v) is 17.2. The molecular formula is C21H23N3O3S. The number of aromatic nitrogens is 3. The van der Waals surface area contributed by atoms with Crippen LogP contribution in [0.25, 0.3) is 5.69 Å². The molecule has 0 fully saturated rings. The zero-order valence-electron chi connectivity index (χ0n) is 16.3. The first-order chi connectivity index (χ1) is 13.3. The van der Waals surface area contributed by atoms with Crippen molar-refractivity contribution in [2.45, 2.75) is 44.4 Å². The van der Waals surface area contributed by atoms with Gasteiger partial charge in [-0.2, -0.15) is 15.0 Å². The van der Waals surface area contributed by atoms with Gasteiger partial charge in [-0.15, -0.1) is 11.8 Å². The van der Waals surface area contributed by atoms with Crippen LogP contribution in [0.5, 0.6) is 5.75 Å². The molecular weight excluding hydrogens is 374 g/mol. The van der Waals surface area contributed by atoms with Crippen LogP contribution in [-0.4, -0.2) is 32.2 Å². The largest absolute Gasteiger partial charge is 0.479 e. The number of hydrogen-bond acceptors (Lipinski definition) is 5. The lowest BCUT2D eigenvalue weighted by Crippen LogP contribution is -2.23. The van der Waals surface area contributed by atoms with Crippen LogP contribution in [0.4, 0.5) is 0 Å². The fourth-order valence-electron chi connectivity index (χ4n) is 2.57. The van der Waals surface area contributed by atoms with E-state index in [1.54, 1.807) is 16.6 Å². The Kier molecular flexibility index (Phi) is 6.04. The molecule has 1 atom stereocenters. The molecule has 1 N–H and O–H groups in total. The van der Waals surface area contributed by atoms with Gasteiger partial charge in [0.2, 0.25) is 0 Å². The maximum atomic E-state index is 11.0. The smallest absolute Gasteiger partial charge is 0.344 e. The van der Waals surface area contributed by atoms with Crippen LogP contribution in [-0.2, 0) is 10.5 Å². The van der Waals surface area contributed by atoms with E-state index < -0.39 is 12.1 Å². The van der Waals surface area contributed by atoms with Crippen molar-refractivity contribution in [1.29, 1.82) is 0 Å². The zero-order chi connectivity index (χ0) is 20.3. The van der Waals surface area contributed by atoms with Crippen molar-refractivity contribution in [3.05, 3.63) is 65.0 Å². The molecule has 146 valence electrons. The summed E-state index contributed by atoms with van der Waals surface area (Å²) in [6, 6.07) is 13.8. The molecule has 3 rings (SSSR count). The van der Waals surface area contributed by atoms with E-state index in [1.807, 2.05) is 63.2 Å². The molecule has 6 nitrogen and oxygen atoms in total. The van der Waals surface area contributed by atoms with Crippen LogP contribution >= 0.6 is 11.8 Å². The van der Waals surface area contributed by atoms with Gasteiger partial charge in [-0.1, -0.05) is 17.7 Å². The third-order valence-corrected chi connectivity index (χ3v) is 5.32. The van der Waals surface area contributed by atoms with E-state index >= 15 is 0 Å². The van der Waals surface area contributed by atoms with Crippen LogP contribution in [0, 0.1) is 20.8 Å². The number of benzene rings is 2. The SMILES string of the molecule is Cc1ccc(-n2nc(C)c(CSc3ccc(OC(C)C(=O)O)c(C)c3)n2)cc1. The first-order valence-electron chi connectivity index (χ1n) is 8.96. The van der Waals surface area contributed by atoms with Crippen LogP contribution in [0.3, 0.4) is 0 Å². The quantitative estimate of drug-likeness (QED) is 0.598. The van der Waals surface area contributed by atoms with Gasteiger partial charge in [0.25, 0.3) is 0 Å². The summed E-state index contributed by atoms with van der Waals surface area (Å²) in [7, 11) is 0. The van der Waals surface area contributed by atoms with Gasteiger partial charge >= 0.3 is 5.97 Å². The van der Waals surface area contributed by atoms with Crippen molar-refractivity contribution >= 4 is 17.7 Å². The molecule has 1 heterocycles. The predicted molar refractivity (Wildman–Crippen MR) is 109 cm³/mol. The Balaban J connectivity index is 1.68. The summed E-state index contributed by atoms with van der Waals surface area (Å²) in [6.07, 6.45) is -0.878. The van der Waals surface area contributed by atoms with E-state index in [0.717, 1.165) is 27.5 Å². The Hall–Kier alpha value is -2.80. The van der Waals surface area contributed by atoms with Gasteiger partial charge in [-0.25, -0.2) is 4.79 Å². The van der Waals surface area contributed by atoms with E-state index in [4.69, 9.17) is 9.84 Å². The number of carboxylic acid groups (broad SMARTS) is 1. The van der Waals surface area contributed by atoms with E-state index in [1.165, 1.54) is 12.5 Å². The van der Waals surface area contributed by atoms with Gasteiger partial charge in [-0.05, 0) is 63.6 Å². The summed E-state index contributed by atoms with van der Waals surface area (Å²) < 4.78 is 5.47. The minimum atomic E-state index is -0.981. The molecule has 0 spiro atoms. The Morgan fingerprint density at radius 3 is 2.50 bits per heavy atom. The molecule has 1 unspecified atom stereocenters. The first kappa shape index (κ1) is 19.9. The molecule has 7 heteroatoms. The number of nitrogens with zero attached hydrogens (tertiary/aromatic N) is 3. The number of carbonyl (C=O) groups is 1. The number of aliphatic carboxylic acids is 1. The normalized spacial score (nSPS) is 12.0. The fourth-order valence-corrected chi connectivity index (χ4v) is 3.57. The van der Waals surface area contributed by atoms with E-state index in [9.17, 15) is 4.79 Å². The highest BCUT2D eigenvalue weighted by atomic mass is 32.2. The minimum Gasteiger partial charge on any atom is -0.479 e.